The Kier molecular flexibility index (Phi) is 12.3. The molecule has 51 heavy (non-hydrogen) atoms. The number of sulfonamides is 1. The number of methoxy groups -OCH3 is 3. The monoisotopic (exact) mass is 713 g/mol. The molecule has 0 spiro atoms. The maximum Gasteiger partial charge on any atom is 0.264 e. The van der Waals surface area contributed by atoms with Crippen LogP contribution >= 0.6 is 0 Å². The second-order valence-electron chi connectivity index (χ2n) is 12.9. The van der Waals surface area contributed by atoms with Gasteiger partial charge in [-0.2, -0.15) is 0 Å². The number of nitrogens with zero attached hydrogens (tertiary/aromatic N) is 2. The summed E-state index contributed by atoms with van der Waals surface area (Å²) >= 11 is 0. The number of hydrogen-bond acceptors (Lipinski definition) is 7. The lowest BCUT2D eigenvalue weighted by Gasteiger charge is -2.34. The zero-order valence-corrected chi connectivity index (χ0v) is 30.7. The summed E-state index contributed by atoms with van der Waals surface area (Å²) in [4.78, 5) is 30.6. The first-order valence-corrected chi connectivity index (χ1v) is 18.6. The summed E-state index contributed by atoms with van der Waals surface area (Å²) in [6.45, 7) is 3.23. The minimum absolute atomic E-state index is 0.0155. The predicted molar refractivity (Wildman–Crippen MR) is 198 cm³/mol. The van der Waals surface area contributed by atoms with Gasteiger partial charge in [-0.15, -0.1) is 0 Å². The smallest absolute Gasteiger partial charge is 0.264 e. The van der Waals surface area contributed by atoms with Gasteiger partial charge in [0, 0.05) is 25.1 Å². The molecule has 10 nitrogen and oxygen atoms in total. The van der Waals surface area contributed by atoms with Gasteiger partial charge in [0.1, 0.15) is 18.3 Å². The van der Waals surface area contributed by atoms with Crippen LogP contribution in [-0.4, -0.2) is 65.1 Å². The molecule has 0 radical (unpaired) electrons. The number of carbonyl (C=O) groups is 2. The Morgan fingerprint density at radius 2 is 1.45 bits per heavy atom. The van der Waals surface area contributed by atoms with Crippen LogP contribution in [0, 0.1) is 13.8 Å². The Balaban J connectivity index is 1.61. The zero-order valence-electron chi connectivity index (χ0n) is 29.9. The minimum Gasteiger partial charge on any atom is -0.497 e. The number of anilines is 1. The summed E-state index contributed by atoms with van der Waals surface area (Å²) < 4.78 is 46.6. The largest absolute Gasteiger partial charge is 0.497 e. The highest BCUT2D eigenvalue weighted by molar-refractivity contribution is 7.92. The third kappa shape index (κ3) is 9.21. The molecule has 0 heterocycles. The van der Waals surface area contributed by atoms with Crippen LogP contribution in [0.4, 0.5) is 5.69 Å². The zero-order chi connectivity index (χ0) is 36.5. The highest BCUT2D eigenvalue weighted by atomic mass is 32.2. The van der Waals surface area contributed by atoms with Crippen molar-refractivity contribution in [1.29, 1.82) is 0 Å². The Bertz CT molecular complexity index is 1910. The molecule has 1 aliphatic carbocycles. The summed E-state index contributed by atoms with van der Waals surface area (Å²) in [7, 11) is 0.115. The van der Waals surface area contributed by atoms with Gasteiger partial charge in [-0.1, -0.05) is 61.4 Å². The maximum atomic E-state index is 14.9. The lowest BCUT2D eigenvalue weighted by molar-refractivity contribution is -0.140. The second-order valence-corrected chi connectivity index (χ2v) is 14.8. The van der Waals surface area contributed by atoms with Crippen molar-refractivity contribution in [1.82, 2.24) is 10.2 Å². The molecule has 1 N–H and O–H groups in total. The van der Waals surface area contributed by atoms with Crippen LogP contribution in [-0.2, 0) is 32.6 Å². The van der Waals surface area contributed by atoms with E-state index < -0.39 is 28.5 Å². The summed E-state index contributed by atoms with van der Waals surface area (Å²) in [5.41, 5.74) is 3.59. The lowest BCUT2D eigenvalue weighted by atomic mass is 10.0. The van der Waals surface area contributed by atoms with Crippen molar-refractivity contribution in [2.45, 2.75) is 69.5 Å². The number of amides is 2. The number of rotatable bonds is 15. The summed E-state index contributed by atoms with van der Waals surface area (Å²) in [6.07, 6.45) is 4.04. The van der Waals surface area contributed by atoms with Crippen LogP contribution < -0.4 is 23.8 Å². The molecule has 1 fully saturated rings. The van der Waals surface area contributed by atoms with Crippen molar-refractivity contribution in [2.24, 2.45) is 0 Å². The molecule has 4 aromatic carbocycles. The molecular weight excluding hydrogens is 667 g/mol. The van der Waals surface area contributed by atoms with Crippen molar-refractivity contribution in [3.8, 4) is 17.2 Å². The van der Waals surface area contributed by atoms with Gasteiger partial charge < -0.3 is 24.4 Å². The van der Waals surface area contributed by atoms with Gasteiger partial charge in [-0.25, -0.2) is 8.42 Å². The Morgan fingerprint density at radius 1 is 0.784 bits per heavy atom. The van der Waals surface area contributed by atoms with E-state index in [-0.39, 0.29) is 35.6 Å². The molecule has 0 aliphatic heterocycles. The van der Waals surface area contributed by atoms with Gasteiger partial charge in [0.25, 0.3) is 10.0 Å². The number of nitrogens with one attached hydrogen (secondary N) is 1. The predicted octanol–water partition coefficient (Wildman–Crippen LogP) is 6.22. The van der Waals surface area contributed by atoms with Crippen molar-refractivity contribution in [3.05, 3.63) is 113 Å². The van der Waals surface area contributed by atoms with Gasteiger partial charge >= 0.3 is 0 Å². The van der Waals surface area contributed by atoms with Crippen LogP contribution in [0.2, 0.25) is 0 Å². The first kappa shape index (κ1) is 37.2. The van der Waals surface area contributed by atoms with Crippen molar-refractivity contribution in [3.63, 3.8) is 0 Å². The summed E-state index contributed by atoms with van der Waals surface area (Å²) in [5, 5.41) is 3.21. The van der Waals surface area contributed by atoms with E-state index in [2.05, 4.69) is 5.32 Å². The number of benzene rings is 4. The van der Waals surface area contributed by atoms with Crippen LogP contribution in [0.5, 0.6) is 17.2 Å². The third-order valence-corrected chi connectivity index (χ3v) is 10.9. The topological polar surface area (TPSA) is 114 Å². The number of ether oxygens (including phenoxy) is 3. The van der Waals surface area contributed by atoms with Gasteiger partial charge in [0.15, 0.2) is 11.5 Å². The van der Waals surface area contributed by atoms with E-state index in [1.807, 2.05) is 68.4 Å². The molecule has 1 atom stereocenters. The summed E-state index contributed by atoms with van der Waals surface area (Å²) in [6, 6.07) is 25.7. The van der Waals surface area contributed by atoms with Gasteiger partial charge in [-0.05, 0) is 85.3 Å². The van der Waals surface area contributed by atoms with E-state index in [0.717, 1.165) is 52.2 Å². The fraction of sp³-hybridized carbons (Fsp3) is 0.350. The van der Waals surface area contributed by atoms with Crippen LogP contribution in [0.3, 0.4) is 0 Å². The van der Waals surface area contributed by atoms with Crippen molar-refractivity contribution in [2.75, 3.05) is 32.2 Å². The van der Waals surface area contributed by atoms with E-state index in [1.165, 1.54) is 37.3 Å². The van der Waals surface area contributed by atoms with E-state index in [0.29, 0.717) is 17.2 Å². The number of carbonyl (C=O) groups excluding carboxylic acids is 2. The van der Waals surface area contributed by atoms with Gasteiger partial charge in [-0.3, -0.25) is 13.9 Å². The molecule has 1 saturated carbocycles. The van der Waals surface area contributed by atoms with E-state index >= 15 is 0 Å². The molecule has 270 valence electrons. The van der Waals surface area contributed by atoms with Gasteiger partial charge in [0.05, 0.1) is 31.9 Å². The highest BCUT2D eigenvalue weighted by Crippen LogP contribution is 2.33. The molecule has 0 saturated heterocycles. The Morgan fingerprint density at radius 3 is 2.10 bits per heavy atom. The lowest BCUT2D eigenvalue weighted by Crippen LogP contribution is -2.54. The van der Waals surface area contributed by atoms with Crippen molar-refractivity contribution >= 4 is 27.5 Å². The molecule has 1 aliphatic rings. The fourth-order valence-electron chi connectivity index (χ4n) is 6.62. The van der Waals surface area contributed by atoms with Crippen LogP contribution in [0.1, 0.15) is 47.9 Å². The molecule has 4 aromatic rings. The molecule has 1 unspecified atom stereocenters. The van der Waals surface area contributed by atoms with E-state index in [4.69, 9.17) is 14.2 Å². The quantitative estimate of drug-likeness (QED) is 0.156. The first-order valence-electron chi connectivity index (χ1n) is 17.1. The Labute approximate surface area is 301 Å². The van der Waals surface area contributed by atoms with E-state index in [9.17, 15) is 18.0 Å². The average molecular weight is 714 g/mol. The molecular formula is C40H47N3O7S. The molecule has 11 heteroatoms. The average Bonchev–Trinajstić information content (AvgIpc) is 3.64. The highest BCUT2D eigenvalue weighted by Gasteiger charge is 2.36. The van der Waals surface area contributed by atoms with Gasteiger partial charge in [0.2, 0.25) is 11.8 Å². The standard InChI is InChI=1S/C40H47N3O7S/c1-28-20-29(2)22-33(21-28)43(51(46,47)35-18-19-37(49-4)38(25-35)50-5)27-39(44)42(26-31-14-11-17-34(23-31)48-3)36(24-30-12-7-6-8-13-30)40(45)41-32-15-9-10-16-32/h6-8,11-14,17-23,25,32,36H,9-10,15-16,24,26-27H2,1-5H3,(H,41,45). The second kappa shape index (κ2) is 16.8. The molecule has 2 amide bonds. The minimum atomic E-state index is -4.35. The van der Waals surface area contributed by atoms with Crippen LogP contribution in [0.15, 0.2) is 95.9 Å². The third-order valence-electron chi connectivity index (χ3n) is 9.18. The first-order chi connectivity index (χ1) is 24.5. The molecule has 0 bridgehead atoms. The normalized spacial score (nSPS) is 13.7. The van der Waals surface area contributed by atoms with Crippen LogP contribution in [0.25, 0.3) is 0 Å². The maximum absolute atomic E-state index is 14.9. The van der Waals surface area contributed by atoms with Crippen molar-refractivity contribution < 1.29 is 32.2 Å². The SMILES string of the molecule is COc1cccc(CN(C(=O)CN(c2cc(C)cc(C)c2)S(=O)(=O)c2ccc(OC)c(OC)c2)C(Cc2ccccc2)C(=O)NC2CCCC2)c1. The van der Waals surface area contributed by atoms with E-state index in [1.54, 1.807) is 25.3 Å². The molecule has 0 aromatic heterocycles. The molecule has 5 rings (SSSR count). The number of hydrogen-bond donors (Lipinski definition) is 1. The Hall–Kier alpha value is -5.03. The summed E-state index contributed by atoms with van der Waals surface area (Å²) in [5.74, 6) is 0.387. The number of aryl methyl sites for hydroxylation is 2. The fourth-order valence-corrected chi connectivity index (χ4v) is 8.03.